The molecule has 0 amide bonds. The number of aromatic nitrogens is 2. The van der Waals surface area contributed by atoms with Gasteiger partial charge in [-0.3, -0.25) is 4.68 Å². The number of carbonyl (C=O) groups is 1. The van der Waals surface area contributed by atoms with Crippen molar-refractivity contribution in [2.45, 2.75) is 6.92 Å². The molecule has 0 radical (unpaired) electrons. The molecule has 0 aliphatic carbocycles. The molecule has 1 N–H and O–H groups in total. The summed E-state index contributed by atoms with van der Waals surface area (Å²) < 4.78 is 12.0. The highest BCUT2D eigenvalue weighted by atomic mass is 16.5. The summed E-state index contributed by atoms with van der Waals surface area (Å²) in [6.45, 7) is 1.67. The van der Waals surface area contributed by atoms with E-state index in [9.17, 15) is 9.90 Å². The third-order valence-electron chi connectivity index (χ3n) is 3.10. The molecule has 0 aliphatic rings. The van der Waals surface area contributed by atoms with Gasteiger partial charge in [-0.15, -0.1) is 0 Å². The molecule has 0 unspecified atom stereocenters. The maximum atomic E-state index is 11.5. The van der Waals surface area contributed by atoms with Gasteiger partial charge in [0, 0.05) is 12.6 Å². The Bertz CT molecular complexity index is 661. The first-order valence-corrected chi connectivity index (χ1v) is 5.98. The van der Waals surface area contributed by atoms with Gasteiger partial charge in [-0.1, -0.05) is 0 Å². The number of hydrogen-bond acceptors (Lipinski definition) is 4. The molecule has 0 aliphatic heterocycles. The van der Waals surface area contributed by atoms with Crippen molar-refractivity contribution >= 4 is 5.97 Å². The first kappa shape index (κ1) is 13.9. The number of aromatic carboxylic acids is 1. The molecule has 0 saturated heterocycles. The van der Waals surface area contributed by atoms with Crippen molar-refractivity contribution in [3.63, 3.8) is 0 Å². The minimum atomic E-state index is -1.02. The van der Waals surface area contributed by atoms with Crippen molar-refractivity contribution in [3.8, 4) is 22.8 Å². The second-order valence-electron chi connectivity index (χ2n) is 4.30. The number of nitrogens with zero attached hydrogens (tertiary/aromatic N) is 2. The van der Waals surface area contributed by atoms with Crippen molar-refractivity contribution in [2.24, 2.45) is 7.05 Å². The van der Waals surface area contributed by atoms with Gasteiger partial charge in [0.1, 0.15) is 17.1 Å². The largest absolute Gasteiger partial charge is 0.497 e. The number of hydrogen-bond donors (Lipinski definition) is 1. The van der Waals surface area contributed by atoms with Crippen molar-refractivity contribution in [3.05, 3.63) is 29.5 Å². The van der Waals surface area contributed by atoms with E-state index >= 15 is 0 Å². The Hall–Kier alpha value is -2.50. The maximum absolute atomic E-state index is 11.5. The lowest BCUT2D eigenvalue weighted by atomic mass is 10.0. The number of aryl methyl sites for hydroxylation is 2. The van der Waals surface area contributed by atoms with Gasteiger partial charge in [0.05, 0.1) is 25.6 Å². The van der Waals surface area contributed by atoms with Gasteiger partial charge in [-0.2, -0.15) is 5.10 Å². The summed E-state index contributed by atoms with van der Waals surface area (Å²) in [6.07, 6.45) is 0. The fourth-order valence-electron chi connectivity index (χ4n) is 2.22. The van der Waals surface area contributed by atoms with Crippen LogP contribution >= 0.6 is 0 Å². The molecular formula is C14H16N2O4. The number of rotatable bonds is 4. The lowest BCUT2D eigenvalue weighted by molar-refractivity contribution is 0.0697. The van der Waals surface area contributed by atoms with Gasteiger partial charge in [0.2, 0.25) is 0 Å². The van der Waals surface area contributed by atoms with Crippen LogP contribution in [0.5, 0.6) is 11.5 Å². The third-order valence-corrected chi connectivity index (χ3v) is 3.10. The van der Waals surface area contributed by atoms with Crippen LogP contribution in [0.2, 0.25) is 0 Å². The fraction of sp³-hybridized carbons (Fsp3) is 0.286. The summed E-state index contributed by atoms with van der Waals surface area (Å²) in [5.74, 6) is 0.169. The zero-order chi connectivity index (χ0) is 14.9. The van der Waals surface area contributed by atoms with E-state index in [-0.39, 0.29) is 5.56 Å². The molecule has 1 heterocycles. The van der Waals surface area contributed by atoms with Gasteiger partial charge < -0.3 is 14.6 Å². The highest BCUT2D eigenvalue weighted by Crippen LogP contribution is 2.36. The molecule has 20 heavy (non-hydrogen) atoms. The van der Waals surface area contributed by atoms with E-state index in [1.165, 1.54) is 11.8 Å². The summed E-state index contributed by atoms with van der Waals surface area (Å²) in [5, 5.41) is 13.6. The smallest absolute Gasteiger partial charge is 0.339 e. The van der Waals surface area contributed by atoms with Crippen LogP contribution in [-0.2, 0) is 7.05 Å². The zero-order valence-corrected chi connectivity index (χ0v) is 11.8. The Morgan fingerprint density at radius 2 is 2.00 bits per heavy atom. The second-order valence-corrected chi connectivity index (χ2v) is 4.30. The van der Waals surface area contributed by atoms with Crippen molar-refractivity contribution < 1.29 is 19.4 Å². The lowest BCUT2D eigenvalue weighted by Gasteiger charge is -2.11. The number of benzene rings is 1. The highest BCUT2D eigenvalue weighted by molar-refractivity contribution is 5.97. The van der Waals surface area contributed by atoms with Crippen LogP contribution in [-0.4, -0.2) is 35.1 Å². The predicted octanol–water partition coefficient (Wildman–Crippen LogP) is 2.11. The normalized spacial score (nSPS) is 10.4. The van der Waals surface area contributed by atoms with Gasteiger partial charge in [0.15, 0.2) is 0 Å². The first-order valence-electron chi connectivity index (χ1n) is 5.98. The van der Waals surface area contributed by atoms with E-state index in [2.05, 4.69) is 5.10 Å². The fourth-order valence-corrected chi connectivity index (χ4v) is 2.22. The molecule has 2 aromatic rings. The molecule has 1 aromatic carbocycles. The third kappa shape index (κ3) is 2.20. The second kappa shape index (κ2) is 5.24. The van der Waals surface area contributed by atoms with Crippen LogP contribution in [0.4, 0.5) is 0 Å². The Kier molecular flexibility index (Phi) is 3.65. The molecule has 2 rings (SSSR count). The minimum absolute atomic E-state index is 0.166. The topological polar surface area (TPSA) is 73.6 Å². The summed E-state index contributed by atoms with van der Waals surface area (Å²) in [6, 6.07) is 5.23. The Labute approximate surface area is 116 Å². The van der Waals surface area contributed by atoms with E-state index < -0.39 is 5.97 Å². The van der Waals surface area contributed by atoms with E-state index in [4.69, 9.17) is 9.47 Å². The molecule has 0 spiro atoms. The van der Waals surface area contributed by atoms with E-state index in [0.29, 0.717) is 28.5 Å². The average molecular weight is 276 g/mol. The lowest BCUT2D eigenvalue weighted by Crippen LogP contribution is -2.03. The molecule has 6 heteroatoms. The molecule has 1 aromatic heterocycles. The van der Waals surface area contributed by atoms with Gasteiger partial charge in [-0.05, 0) is 25.1 Å². The molecule has 0 saturated carbocycles. The van der Waals surface area contributed by atoms with E-state index in [0.717, 1.165) is 0 Å². The van der Waals surface area contributed by atoms with E-state index in [1.807, 2.05) is 0 Å². The first-order chi connectivity index (χ1) is 9.49. The number of methoxy groups -OCH3 is 2. The van der Waals surface area contributed by atoms with Crippen molar-refractivity contribution in [2.75, 3.05) is 14.2 Å². The van der Waals surface area contributed by atoms with Crippen LogP contribution in [0.3, 0.4) is 0 Å². The quantitative estimate of drug-likeness (QED) is 0.925. The maximum Gasteiger partial charge on any atom is 0.339 e. The summed E-state index contributed by atoms with van der Waals surface area (Å²) in [5.41, 5.74) is 1.75. The Morgan fingerprint density at radius 1 is 1.30 bits per heavy atom. The summed E-state index contributed by atoms with van der Waals surface area (Å²) in [4.78, 5) is 11.5. The van der Waals surface area contributed by atoms with Crippen molar-refractivity contribution in [1.82, 2.24) is 9.78 Å². The number of carboxylic acids is 1. The van der Waals surface area contributed by atoms with Crippen LogP contribution in [0.25, 0.3) is 11.3 Å². The zero-order valence-electron chi connectivity index (χ0n) is 11.8. The Morgan fingerprint density at radius 3 is 2.55 bits per heavy atom. The molecule has 106 valence electrons. The summed E-state index contributed by atoms with van der Waals surface area (Å²) in [7, 11) is 4.79. The SMILES string of the molecule is COc1ccc(OC)c(-c2c(C(=O)O)c(C)nn2C)c1. The van der Waals surface area contributed by atoms with Gasteiger partial charge in [-0.25, -0.2) is 4.79 Å². The monoisotopic (exact) mass is 276 g/mol. The molecule has 0 atom stereocenters. The van der Waals surface area contributed by atoms with Gasteiger partial charge in [0.25, 0.3) is 0 Å². The molecule has 0 bridgehead atoms. The molecular weight excluding hydrogens is 260 g/mol. The van der Waals surface area contributed by atoms with Crippen LogP contribution in [0, 0.1) is 6.92 Å². The van der Waals surface area contributed by atoms with Crippen LogP contribution in [0.15, 0.2) is 18.2 Å². The molecule has 0 fully saturated rings. The van der Waals surface area contributed by atoms with Crippen LogP contribution in [0.1, 0.15) is 16.1 Å². The highest BCUT2D eigenvalue weighted by Gasteiger charge is 2.23. The number of carboxylic acid groups (broad SMARTS) is 1. The minimum Gasteiger partial charge on any atom is -0.497 e. The Balaban J connectivity index is 2.76. The predicted molar refractivity (Wildman–Crippen MR) is 73.4 cm³/mol. The van der Waals surface area contributed by atoms with Gasteiger partial charge >= 0.3 is 5.97 Å². The molecule has 6 nitrogen and oxygen atoms in total. The number of ether oxygens (including phenoxy) is 2. The average Bonchev–Trinajstić information content (AvgIpc) is 2.72. The van der Waals surface area contributed by atoms with E-state index in [1.54, 1.807) is 39.3 Å². The van der Waals surface area contributed by atoms with Crippen molar-refractivity contribution in [1.29, 1.82) is 0 Å². The van der Waals surface area contributed by atoms with Crippen LogP contribution < -0.4 is 9.47 Å². The summed E-state index contributed by atoms with van der Waals surface area (Å²) >= 11 is 0. The standard InChI is InChI=1S/C14H16N2O4/c1-8-12(14(17)18)13(16(2)15-8)10-7-9(19-3)5-6-11(10)20-4/h5-7H,1-4H3,(H,17,18).